The number of hydrogen-bond donors (Lipinski definition) is 1. The summed E-state index contributed by atoms with van der Waals surface area (Å²) in [5.74, 6) is -2.24. The summed E-state index contributed by atoms with van der Waals surface area (Å²) in [7, 11) is 2.18. The fourth-order valence-electron chi connectivity index (χ4n) is 1.41. The Labute approximate surface area is 123 Å². The number of ether oxygens (including phenoxy) is 3. The number of nitrogen functional groups attached to an aromatic ring is 1. The van der Waals surface area contributed by atoms with Crippen LogP contribution in [0.2, 0.25) is 5.02 Å². The van der Waals surface area contributed by atoms with Crippen molar-refractivity contribution in [3.8, 4) is 5.75 Å². The summed E-state index contributed by atoms with van der Waals surface area (Å²) in [6, 6.07) is 1.06. The van der Waals surface area contributed by atoms with Crippen molar-refractivity contribution in [2.24, 2.45) is 0 Å². The van der Waals surface area contributed by atoms with E-state index < -0.39 is 40.6 Å². The number of benzene rings is 1. The van der Waals surface area contributed by atoms with Crippen LogP contribution in [-0.2, 0) is 14.3 Å². The van der Waals surface area contributed by atoms with Crippen LogP contribution >= 0.6 is 11.6 Å². The zero-order chi connectivity index (χ0) is 16.2. The van der Waals surface area contributed by atoms with E-state index in [0.717, 1.165) is 20.3 Å². The summed E-state index contributed by atoms with van der Waals surface area (Å²) >= 11 is 5.74. The maximum Gasteiger partial charge on any atom is 0.343 e. The topological polar surface area (TPSA) is 131 Å². The molecule has 0 aliphatic heterocycles. The molecule has 0 radical (unpaired) electrons. The molecule has 1 aromatic carbocycles. The molecule has 0 aliphatic carbocycles. The zero-order valence-electron chi connectivity index (χ0n) is 11.0. The number of rotatable bonds is 5. The number of nitro groups is 1. The van der Waals surface area contributed by atoms with Crippen LogP contribution in [0.4, 0.5) is 11.4 Å². The van der Waals surface area contributed by atoms with E-state index in [0.29, 0.717) is 0 Å². The number of nitrogens with two attached hydrogens (primary N) is 1. The number of esters is 2. The van der Waals surface area contributed by atoms with Crippen LogP contribution in [0.3, 0.4) is 0 Å². The van der Waals surface area contributed by atoms with Crippen LogP contribution in [0, 0.1) is 10.1 Å². The molecule has 0 aromatic heterocycles. The molecule has 0 atom stereocenters. The average Bonchev–Trinajstić information content (AvgIpc) is 2.46. The van der Waals surface area contributed by atoms with Gasteiger partial charge in [0.05, 0.1) is 24.2 Å². The Morgan fingerprint density at radius 2 is 2.00 bits per heavy atom. The number of carbonyl (C=O) groups is 2. The number of nitro benzene ring substituents is 1. The molecule has 0 saturated carbocycles. The van der Waals surface area contributed by atoms with Gasteiger partial charge < -0.3 is 19.9 Å². The lowest BCUT2D eigenvalue weighted by Crippen LogP contribution is -2.16. The minimum atomic E-state index is -0.931. The molecule has 10 heteroatoms. The summed E-state index contributed by atoms with van der Waals surface area (Å²) < 4.78 is 13.8. The Balaban J connectivity index is 3.45. The Morgan fingerprint density at radius 3 is 2.48 bits per heavy atom. The highest BCUT2D eigenvalue weighted by atomic mass is 35.5. The number of halogens is 1. The number of anilines is 1. The van der Waals surface area contributed by atoms with E-state index in [2.05, 4.69) is 9.47 Å². The lowest BCUT2D eigenvalue weighted by Gasteiger charge is -2.12. The van der Waals surface area contributed by atoms with Crippen molar-refractivity contribution in [3.05, 3.63) is 26.8 Å². The van der Waals surface area contributed by atoms with Crippen LogP contribution in [0.25, 0.3) is 0 Å². The molecule has 21 heavy (non-hydrogen) atoms. The second-order valence-electron chi connectivity index (χ2n) is 3.61. The second-order valence-corrected chi connectivity index (χ2v) is 4.02. The van der Waals surface area contributed by atoms with E-state index >= 15 is 0 Å². The van der Waals surface area contributed by atoms with Crippen molar-refractivity contribution in [3.63, 3.8) is 0 Å². The van der Waals surface area contributed by atoms with Gasteiger partial charge in [0.25, 0.3) is 0 Å². The van der Waals surface area contributed by atoms with E-state index in [1.54, 1.807) is 0 Å². The van der Waals surface area contributed by atoms with Gasteiger partial charge in [-0.1, -0.05) is 11.6 Å². The Hall–Kier alpha value is -2.55. The van der Waals surface area contributed by atoms with Gasteiger partial charge in [0.1, 0.15) is 11.3 Å². The summed E-state index contributed by atoms with van der Waals surface area (Å²) in [5, 5.41) is 10.9. The third-order valence-electron chi connectivity index (χ3n) is 2.39. The lowest BCUT2D eigenvalue weighted by molar-refractivity contribution is -0.384. The van der Waals surface area contributed by atoms with Crippen molar-refractivity contribution < 1.29 is 28.7 Å². The predicted octanol–water partition coefficient (Wildman–Crippen LogP) is 1.17. The molecule has 0 aliphatic rings. The summed E-state index contributed by atoms with van der Waals surface area (Å²) in [5.41, 5.74) is 4.06. The van der Waals surface area contributed by atoms with Crippen LogP contribution in [0.5, 0.6) is 5.75 Å². The number of nitrogens with zero attached hydrogens (tertiary/aromatic N) is 1. The van der Waals surface area contributed by atoms with E-state index in [4.69, 9.17) is 22.1 Å². The van der Waals surface area contributed by atoms with E-state index in [9.17, 15) is 19.7 Å². The number of carbonyl (C=O) groups excluding carboxylic acids is 2. The summed E-state index contributed by atoms with van der Waals surface area (Å²) in [6.45, 7) is -0.650. The van der Waals surface area contributed by atoms with Crippen LogP contribution in [-0.4, -0.2) is 37.7 Å². The molecule has 9 nitrogen and oxygen atoms in total. The first kappa shape index (κ1) is 16.5. The molecular weight excluding hydrogens is 308 g/mol. The fourth-order valence-corrected chi connectivity index (χ4v) is 1.61. The first-order valence-electron chi connectivity index (χ1n) is 5.37. The van der Waals surface area contributed by atoms with Gasteiger partial charge in [0.15, 0.2) is 6.61 Å². The van der Waals surface area contributed by atoms with Gasteiger partial charge in [-0.05, 0) is 6.07 Å². The summed E-state index contributed by atoms with van der Waals surface area (Å²) in [4.78, 5) is 32.9. The standard InChI is InChI=1S/C11H11ClN2O7/c1-19-7(15)4-21-10-5(11(16)20-2)3-6(12)8(13)9(10)14(17)18/h3H,4,13H2,1-2H3. The van der Waals surface area contributed by atoms with Crippen molar-refractivity contribution in [2.75, 3.05) is 26.6 Å². The van der Waals surface area contributed by atoms with E-state index in [1.165, 1.54) is 0 Å². The summed E-state index contributed by atoms with van der Waals surface area (Å²) in [6.07, 6.45) is 0. The SMILES string of the molecule is COC(=O)COc1c(C(=O)OC)cc(Cl)c(N)c1[N+](=O)[O-]. The number of methoxy groups -OCH3 is 2. The Kier molecular flexibility index (Phi) is 5.30. The zero-order valence-corrected chi connectivity index (χ0v) is 11.8. The largest absolute Gasteiger partial charge is 0.474 e. The number of hydrogen-bond acceptors (Lipinski definition) is 8. The Bertz CT molecular complexity index is 603. The highest BCUT2D eigenvalue weighted by Gasteiger charge is 2.30. The maximum atomic E-state index is 11.6. The molecule has 1 aromatic rings. The molecule has 114 valence electrons. The molecule has 1 rings (SSSR count). The van der Waals surface area contributed by atoms with Crippen molar-refractivity contribution >= 4 is 34.9 Å². The molecule has 0 fully saturated rings. The minimum absolute atomic E-state index is 0.215. The molecule has 0 heterocycles. The predicted molar refractivity (Wildman–Crippen MR) is 71.4 cm³/mol. The smallest absolute Gasteiger partial charge is 0.343 e. The third kappa shape index (κ3) is 3.51. The van der Waals surface area contributed by atoms with E-state index in [1.807, 2.05) is 0 Å². The molecule has 0 spiro atoms. The molecule has 0 unspecified atom stereocenters. The molecule has 0 saturated heterocycles. The van der Waals surface area contributed by atoms with Gasteiger partial charge in [-0.25, -0.2) is 9.59 Å². The highest BCUT2D eigenvalue weighted by molar-refractivity contribution is 6.34. The maximum absolute atomic E-state index is 11.6. The average molecular weight is 319 g/mol. The minimum Gasteiger partial charge on any atom is -0.474 e. The van der Waals surface area contributed by atoms with Crippen LogP contribution in [0.15, 0.2) is 6.07 Å². The van der Waals surface area contributed by atoms with Gasteiger partial charge in [0.2, 0.25) is 5.75 Å². The molecule has 2 N–H and O–H groups in total. The monoisotopic (exact) mass is 318 g/mol. The first-order chi connectivity index (χ1) is 9.83. The van der Waals surface area contributed by atoms with Crippen molar-refractivity contribution in [1.29, 1.82) is 0 Å². The van der Waals surface area contributed by atoms with Crippen molar-refractivity contribution in [1.82, 2.24) is 0 Å². The van der Waals surface area contributed by atoms with Gasteiger partial charge in [-0.3, -0.25) is 10.1 Å². The van der Waals surface area contributed by atoms with Crippen molar-refractivity contribution in [2.45, 2.75) is 0 Å². The second kappa shape index (κ2) is 6.75. The Morgan fingerprint density at radius 1 is 1.38 bits per heavy atom. The third-order valence-corrected chi connectivity index (χ3v) is 2.71. The van der Waals surface area contributed by atoms with Gasteiger partial charge in [0, 0.05) is 0 Å². The first-order valence-corrected chi connectivity index (χ1v) is 5.75. The fraction of sp³-hybridized carbons (Fsp3) is 0.273. The van der Waals surface area contributed by atoms with Gasteiger partial charge >= 0.3 is 17.6 Å². The van der Waals surface area contributed by atoms with Gasteiger partial charge in [-0.15, -0.1) is 0 Å². The normalized spacial score (nSPS) is 9.86. The van der Waals surface area contributed by atoms with E-state index in [-0.39, 0.29) is 10.6 Å². The molecular formula is C11H11ClN2O7. The van der Waals surface area contributed by atoms with Crippen LogP contribution in [0.1, 0.15) is 10.4 Å². The van der Waals surface area contributed by atoms with Gasteiger partial charge in [-0.2, -0.15) is 0 Å². The quantitative estimate of drug-likeness (QED) is 0.370. The molecule has 0 bridgehead atoms. The lowest BCUT2D eigenvalue weighted by atomic mass is 10.1. The van der Waals surface area contributed by atoms with Crippen LogP contribution < -0.4 is 10.5 Å². The molecule has 0 amide bonds. The highest BCUT2D eigenvalue weighted by Crippen LogP contribution is 2.41.